The third-order valence-electron chi connectivity index (χ3n) is 4.03. The smallest absolute Gasteiger partial charge is 0.290 e. The zero-order chi connectivity index (χ0) is 20.8. The molecular weight excluding hydrogens is 415 g/mol. The fraction of sp³-hybridized carbons (Fsp3) is 0.143. The summed E-state index contributed by atoms with van der Waals surface area (Å²) in [4.78, 5) is 26.3. The van der Waals surface area contributed by atoms with Gasteiger partial charge in [-0.1, -0.05) is 47.5 Å². The van der Waals surface area contributed by atoms with Crippen LogP contribution >= 0.6 is 23.2 Å². The van der Waals surface area contributed by atoms with E-state index in [1.807, 2.05) is 30.3 Å². The first-order valence-electron chi connectivity index (χ1n) is 8.69. The second-order valence-electron chi connectivity index (χ2n) is 6.18. The van der Waals surface area contributed by atoms with Gasteiger partial charge in [0.15, 0.2) is 5.76 Å². The number of benzene rings is 2. The maximum absolute atomic E-state index is 12.7. The summed E-state index contributed by atoms with van der Waals surface area (Å²) in [6.45, 7) is -0.0447. The van der Waals surface area contributed by atoms with Crippen LogP contribution in [0.1, 0.15) is 16.1 Å². The fourth-order valence-corrected chi connectivity index (χ4v) is 3.06. The molecule has 0 atom stereocenters. The molecule has 0 saturated heterocycles. The predicted octanol–water partition coefficient (Wildman–Crippen LogP) is 4.88. The molecule has 29 heavy (non-hydrogen) atoms. The van der Waals surface area contributed by atoms with Crippen LogP contribution < -0.4 is 10.1 Å². The summed E-state index contributed by atoms with van der Waals surface area (Å²) in [6, 6.07) is 15.8. The minimum absolute atomic E-state index is 0.118. The molecule has 3 rings (SSSR count). The Balaban J connectivity index is 1.62. The Hall–Kier alpha value is -2.96. The standard InChI is InChI=1S/C21H18Cl2N2O4/c1-25(12-18(26)24-19-16(22)8-5-9-17(19)23)21(27)20-14(10-11-28-20)13-29-15-6-3-2-4-7-15/h2-11H,12-13H2,1H3,(H,24,26). The van der Waals surface area contributed by atoms with Crippen LogP contribution in [0.4, 0.5) is 5.69 Å². The van der Waals surface area contributed by atoms with E-state index in [0.29, 0.717) is 27.0 Å². The van der Waals surface area contributed by atoms with E-state index in [1.54, 1.807) is 24.3 Å². The number of halogens is 2. The number of rotatable bonds is 7. The van der Waals surface area contributed by atoms with Crippen molar-refractivity contribution in [2.45, 2.75) is 6.61 Å². The Morgan fingerprint density at radius 2 is 1.72 bits per heavy atom. The highest BCUT2D eigenvalue weighted by molar-refractivity contribution is 6.39. The molecule has 1 N–H and O–H groups in total. The highest BCUT2D eigenvalue weighted by Gasteiger charge is 2.22. The number of carbonyl (C=O) groups excluding carboxylic acids is 2. The van der Waals surface area contributed by atoms with Gasteiger partial charge in [-0.2, -0.15) is 0 Å². The lowest BCUT2D eigenvalue weighted by atomic mass is 10.2. The molecule has 0 radical (unpaired) electrons. The quantitative estimate of drug-likeness (QED) is 0.577. The number of ether oxygens (including phenoxy) is 1. The van der Waals surface area contributed by atoms with Crippen LogP contribution in [0.25, 0.3) is 0 Å². The highest BCUT2D eigenvalue weighted by atomic mass is 35.5. The van der Waals surface area contributed by atoms with Crippen molar-refractivity contribution in [2.75, 3.05) is 18.9 Å². The highest BCUT2D eigenvalue weighted by Crippen LogP contribution is 2.29. The molecule has 0 spiro atoms. The van der Waals surface area contributed by atoms with Gasteiger partial charge in [0.05, 0.1) is 28.5 Å². The van der Waals surface area contributed by atoms with Crippen LogP contribution in [-0.4, -0.2) is 30.3 Å². The molecule has 0 aliphatic carbocycles. The van der Waals surface area contributed by atoms with Gasteiger partial charge in [0.2, 0.25) is 5.91 Å². The van der Waals surface area contributed by atoms with Gasteiger partial charge in [-0.25, -0.2) is 0 Å². The molecule has 3 aromatic rings. The van der Waals surface area contributed by atoms with Crippen LogP contribution in [0.2, 0.25) is 10.0 Å². The van der Waals surface area contributed by atoms with Crippen LogP contribution in [0.3, 0.4) is 0 Å². The third-order valence-corrected chi connectivity index (χ3v) is 4.66. The molecule has 8 heteroatoms. The lowest BCUT2D eigenvalue weighted by molar-refractivity contribution is -0.116. The summed E-state index contributed by atoms with van der Waals surface area (Å²) < 4.78 is 11.0. The summed E-state index contributed by atoms with van der Waals surface area (Å²) in [5, 5.41) is 3.24. The maximum Gasteiger partial charge on any atom is 0.290 e. The van der Waals surface area contributed by atoms with E-state index in [-0.39, 0.29) is 18.9 Å². The van der Waals surface area contributed by atoms with Crippen LogP contribution in [0.5, 0.6) is 5.75 Å². The van der Waals surface area contributed by atoms with E-state index in [2.05, 4.69) is 5.32 Å². The molecule has 0 fully saturated rings. The fourth-order valence-electron chi connectivity index (χ4n) is 2.57. The van der Waals surface area contributed by atoms with Gasteiger partial charge in [-0.15, -0.1) is 0 Å². The monoisotopic (exact) mass is 432 g/mol. The van der Waals surface area contributed by atoms with Gasteiger partial charge < -0.3 is 19.4 Å². The van der Waals surface area contributed by atoms with Crippen molar-refractivity contribution in [2.24, 2.45) is 0 Å². The Morgan fingerprint density at radius 1 is 1.03 bits per heavy atom. The van der Waals surface area contributed by atoms with E-state index in [0.717, 1.165) is 0 Å². The number of amides is 2. The summed E-state index contributed by atoms with van der Waals surface area (Å²) in [5.74, 6) is -0.0879. The lowest BCUT2D eigenvalue weighted by Gasteiger charge is -2.17. The number of nitrogens with zero attached hydrogens (tertiary/aromatic N) is 1. The molecule has 2 amide bonds. The normalized spacial score (nSPS) is 10.4. The van der Waals surface area contributed by atoms with Crippen LogP contribution in [-0.2, 0) is 11.4 Å². The molecule has 2 aromatic carbocycles. The Morgan fingerprint density at radius 3 is 2.41 bits per heavy atom. The number of anilines is 1. The van der Waals surface area contributed by atoms with Crippen LogP contribution in [0.15, 0.2) is 65.3 Å². The molecule has 1 heterocycles. The number of hydrogen-bond donors (Lipinski definition) is 1. The van der Waals surface area contributed by atoms with Gasteiger partial charge in [0, 0.05) is 12.6 Å². The minimum Gasteiger partial charge on any atom is -0.489 e. The number of carbonyl (C=O) groups is 2. The van der Waals surface area contributed by atoms with E-state index < -0.39 is 11.8 Å². The molecule has 6 nitrogen and oxygen atoms in total. The third kappa shape index (κ3) is 5.31. The molecule has 150 valence electrons. The second kappa shape index (κ2) is 9.49. The number of hydrogen-bond acceptors (Lipinski definition) is 4. The SMILES string of the molecule is CN(CC(=O)Nc1c(Cl)cccc1Cl)C(=O)c1occc1COc1ccccc1. The van der Waals surface area contributed by atoms with Crippen molar-refractivity contribution < 1.29 is 18.7 Å². The van der Waals surface area contributed by atoms with Gasteiger partial charge >= 0.3 is 0 Å². The molecule has 1 aromatic heterocycles. The topological polar surface area (TPSA) is 71.8 Å². The van der Waals surface area contributed by atoms with Gasteiger partial charge in [-0.3, -0.25) is 9.59 Å². The number of nitrogens with one attached hydrogen (secondary N) is 1. The number of likely N-dealkylation sites (N-methyl/N-ethyl adjacent to an activating group) is 1. The van der Waals surface area contributed by atoms with Crippen molar-refractivity contribution in [3.05, 3.63) is 82.2 Å². The maximum atomic E-state index is 12.7. The first-order chi connectivity index (χ1) is 14.0. The summed E-state index contributed by atoms with van der Waals surface area (Å²) >= 11 is 12.1. The summed E-state index contributed by atoms with van der Waals surface area (Å²) in [5.41, 5.74) is 0.886. The van der Waals surface area contributed by atoms with E-state index in [9.17, 15) is 9.59 Å². The van der Waals surface area contributed by atoms with Crippen molar-refractivity contribution in [1.29, 1.82) is 0 Å². The van der Waals surface area contributed by atoms with E-state index >= 15 is 0 Å². The zero-order valence-electron chi connectivity index (χ0n) is 15.5. The lowest BCUT2D eigenvalue weighted by Crippen LogP contribution is -2.35. The molecule has 0 bridgehead atoms. The Bertz CT molecular complexity index is 985. The number of para-hydroxylation sites is 2. The molecule has 0 aliphatic rings. The van der Waals surface area contributed by atoms with Crippen molar-refractivity contribution in [3.63, 3.8) is 0 Å². The van der Waals surface area contributed by atoms with E-state index in [1.165, 1.54) is 18.2 Å². The molecule has 0 unspecified atom stereocenters. The largest absolute Gasteiger partial charge is 0.489 e. The van der Waals surface area contributed by atoms with Crippen molar-refractivity contribution in [3.8, 4) is 5.75 Å². The van der Waals surface area contributed by atoms with Gasteiger partial charge in [0.25, 0.3) is 5.91 Å². The molecular formula is C21H18Cl2N2O4. The van der Waals surface area contributed by atoms with Gasteiger partial charge in [0.1, 0.15) is 12.4 Å². The first-order valence-corrected chi connectivity index (χ1v) is 9.45. The molecule has 0 aliphatic heterocycles. The average molecular weight is 433 g/mol. The molecule has 0 saturated carbocycles. The van der Waals surface area contributed by atoms with Gasteiger partial charge in [-0.05, 0) is 30.3 Å². The predicted molar refractivity (Wildman–Crippen MR) is 112 cm³/mol. The van der Waals surface area contributed by atoms with Crippen molar-refractivity contribution in [1.82, 2.24) is 4.90 Å². The Labute approximate surface area is 178 Å². The van der Waals surface area contributed by atoms with E-state index in [4.69, 9.17) is 32.4 Å². The minimum atomic E-state index is -0.443. The summed E-state index contributed by atoms with van der Waals surface area (Å²) in [6.07, 6.45) is 1.41. The second-order valence-corrected chi connectivity index (χ2v) is 7.00. The first kappa shape index (κ1) is 20.8. The van der Waals surface area contributed by atoms with Crippen molar-refractivity contribution >= 4 is 40.7 Å². The Kier molecular flexibility index (Phi) is 6.80. The average Bonchev–Trinajstić information content (AvgIpc) is 3.18. The number of furan rings is 1. The zero-order valence-corrected chi connectivity index (χ0v) is 17.0. The van der Waals surface area contributed by atoms with Crippen LogP contribution in [0, 0.1) is 0 Å². The summed E-state index contributed by atoms with van der Waals surface area (Å²) in [7, 11) is 1.50.